The summed E-state index contributed by atoms with van der Waals surface area (Å²) in [6.45, 7) is 3.02. The molecular weight excluding hydrogens is 82.0 g/mol. The number of rotatable bonds is 1. The molecule has 6 heavy (non-hydrogen) atoms. The fourth-order valence-electron chi connectivity index (χ4n) is 0.0417. The van der Waals surface area contributed by atoms with Gasteiger partial charge < -0.3 is 0 Å². The maximum Gasteiger partial charge on any atom is 0.455 e. The van der Waals surface area contributed by atoms with Crippen molar-refractivity contribution in [3.05, 3.63) is 17.6 Å². The number of nitroso groups, excluding NO2 is 1. The van der Waals surface area contributed by atoms with Crippen LogP contribution < -0.4 is 5.18 Å². The van der Waals surface area contributed by atoms with Gasteiger partial charge in [-0.1, -0.05) is 6.58 Å². The third-order valence-electron chi connectivity index (χ3n) is 0.286. The fourth-order valence-corrected chi connectivity index (χ4v) is 0.0417. The SMILES string of the molecule is C=CC(=O)[NH+]=O. The molecule has 0 bridgehead atoms. The summed E-state index contributed by atoms with van der Waals surface area (Å²) in [5.74, 6) is -0.699. The highest BCUT2D eigenvalue weighted by molar-refractivity contribution is 5.77. The Bertz CT molecular complexity index is 76.8. The molecule has 3 nitrogen and oxygen atoms in total. The van der Waals surface area contributed by atoms with Crippen molar-refractivity contribution in [1.82, 2.24) is 0 Å². The Morgan fingerprint density at radius 1 is 1.83 bits per heavy atom. The van der Waals surface area contributed by atoms with Gasteiger partial charge in [0.25, 0.3) is 0 Å². The number of hydrogen-bond acceptors (Lipinski definition) is 2. The molecule has 0 fully saturated rings. The zero-order chi connectivity index (χ0) is 4.99. The first-order chi connectivity index (χ1) is 2.81. The van der Waals surface area contributed by atoms with Crippen LogP contribution in [0.5, 0.6) is 0 Å². The van der Waals surface area contributed by atoms with E-state index in [2.05, 4.69) is 6.58 Å². The van der Waals surface area contributed by atoms with E-state index in [0.29, 0.717) is 0 Å². The molecular formula is C3H4NO2+. The van der Waals surface area contributed by atoms with Gasteiger partial charge in [0, 0.05) is 4.91 Å². The van der Waals surface area contributed by atoms with Crippen molar-refractivity contribution in [2.45, 2.75) is 0 Å². The van der Waals surface area contributed by atoms with Crippen LogP contribution in [0, 0.1) is 4.91 Å². The lowest BCUT2D eigenvalue weighted by atomic mass is 10.6. The van der Waals surface area contributed by atoms with Crippen molar-refractivity contribution in [2.75, 3.05) is 0 Å². The van der Waals surface area contributed by atoms with Crippen LogP contribution in [0.15, 0.2) is 12.7 Å². The van der Waals surface area contributed by atoms with E-state index in [4.69, 9.17) is 0 Å². The van der Waals surface area contributed by atoms with Gasteiger partial charge in [0.2, 0.25) is 0 Å². The van der Waals surface area contributed by atoms with E-state index in [-0.39, 0.29) is 0 Å². The summed E-state index contributed by atoms with van der Waals surface area (Å²) in [7, 11) is 0. The Balaban J connectivity index is 3.52. The highest BCUT2D eigenvalue weighted by Gasteiger charge is 1.93. The summed E-state index contributed by atoms with van der Waals surface area (Å²) in [6.07, 6.45) is 0.910. The minimum absolute atomic E-state index is 0.699. The molecule has 1 amide bonds. The second-order valence-corrected chi connectivity index (χ2v) is 0.670. The van der Waals surface area contributed by atoms with Gasteiger partial charge in [-0.3, -0.25) is 0 Å². The third kappa shape index (κ3) is 1.34. The third-order valence-corrected chi connectivity index (χ3v) is 0.286. The summed E-state index contributed by atoms with van der Waals surface area (Å²) in [5, 5.41) is 1.11. The van der Waals surface area contributed by atoms with E-state index in [1.165, 1.54) is 0 Å². The standard InChI is InChI=1S/C3H3NO2/c1-2-3(5)4-6/h2H,1H2/p+1. The van der Waals surface area contributed by atoms with Crippen molar-refractivity contribution in [3.63, 3.8) is 0 Å². The van der Waals surface area contributed by atoms with Gasteiger partial charge in [-0.05, 0) is 0 Å². The molecule has 0 rings (SSSR count). The van der Waals surface area contributed by atoms with Crippen LogP contribution in [0.1, 0.15) is 0 Å². The topological polar surface area (TPSA) is 48.1 Å². The number of carbonyl (C=O) groups excluding carboxylic acids is 1. The number of amides is 1. The predicted octanol–water partition coefficient (Wildman–Crippen LogP) is -1.45. The van der Waals surface area contributed by atoms with Gasteiger partial charge in [-0.25, -0.2) is 4.79 Å². The molecule has 32 valence electrons. The lowest BCUT2D eigenvalue weighted by Gasteiger charge is -1.53. The molecule has 0 radical (unpaired) electrons. The van der Waals surface area contributed by atoms with Gasteiger partial charge in [0.1, 0.15) is 0 Å². The average Bonchev–Trinajstić information content (AvgIpc) is 1.65. The average molecular weight is 86.1 g/mol. The molecule has 0 aliphatic heterocycles. The van der Waals surface area contributed by atoms with Gasteiger partial charge in [0.05, 0.1) is 11.3 Å². The Morgan fingerprint density at radius 3 is 2.33 bits per heavy atom. The second kappa shape index (κ2) is 2.26. The summed E-state index contributed by atoms with van der Waals surface area (Å²) >= 11 is 0. The molecule has 0 unspecified atom stereocenters. The largest absolute Gasteiger partial charge is 0.455 e. The van der Waals surface area contributed by atoms with Crippen molar-refractivity contribution in [2.24, 2.45) is 0 Å². The van der Waals surface area contributed by atoms with Crippen LogP contribution in [0.25, 0.3) is 0 Å². The van der Waals surface area contributed by atoms with Crippen LogP contribution in [-0.2, 0) is 4.79 Å². The molecule has 0 saturated heterocycles. The molecule has 3 heteroatoms. The van der Waals surface area contributed by atoms with E-state index in [0.717, 1.165) is 11.3 Å². The highest BCUT2D eigenvalue weighted by Crippen LogP contribution is 1.46. The van der Waals surface area contributed by atoms with E-state index in [1.54, 1.807) is 0 Å². The summed E-state index contributed by atoms with van der Waals surface area (Å²) in [5.41, 5.74) is 0. The number of carbonyl (C=O) groups is 1. The molecule has 0 aliphatic carbocycles. The zero-order valence-electron chi connectivity index (χ0n) is 3.10. The molecule has 0 aromatic rings. The molecule has 0 aromatic heterocycles. The van der Waals surface area contributed by atoms with E-state index < -0.39 is 5.91 Å². The van der Waals surface area contributed by atoms with Crippen molar-refractivity contribution in [3.8, 4) is 0 Å². The van der Waals surface area contributed by atoms with Crippen molar-refractivity contribution < 1.29 is 9.97 Å². The molecule has 0 aliphatic rings. The van der Waals surface area contributed by atoms with E-state index in [9.17, 15) is 9.70 Å². The van der Waals surface area contributed by atoms with Crippen molar-refractivity contribution >= 4 is 5.91 Å². The summed E-state index contributed by atoms with van der Waals surface area (Å²) in [6, 6.07) is 0. The Labute approximate surface area is 34.6 Å². The molecule has 0 atom stereocenters. The lowest BCUT2D eigenvalue weighted by Crippen LogP contribution is -2.68. The smallest absolute Gasteiger partial charge is 0.210 e. The normalized spacial score (nSPS) is 6.67. The monoisotopic (exact) mass is 86.0 g/mol. The van der Waals surface area contributed by atoms with Crippen LogP contribution in [0.4, 0.5) is 0 Å². The van der Waals surface area contributed by atoms with Gasteiger partial charge >= 0.3 is 5.91 Å². The minimum atomic E-state index is -0.699. The van der Waals surface area contributed by atoms with E-state index >= 15 is 0 Å². The van der Waals surface area contributed by atoms with Crippen LogP contribution in [0.2, 0.25) is 0 Å². The molecule has 0 saturated carbocycles. The first-order valence-electron chi connectivity index (χ1n) is 1.36. The van der Waals surface area contributed by atoms with Crippen LogP contribution in [-0.4, -0.2) is 5.91 Å². The number of hydrogen-bond donors (Lipinski definition) is 1. The summed E-state index contributed by atoms with van der Waals surface area (Å²) < 4.78 is 0. The Morgan fingerprint density at radius 2 is 2.33 bits per heavy atom. The predicted molar refractivity (Wildman–Crippen MR) is 19.5 cm³/mol. The van der Waals surface area contributed by atoms with Gasteiger partial charge in [-0.15, -0.1) is 0 Å². The maximum absolute atomic E-state index is 9.64. The fraction of sp³-hybridized carbons (Fsp3) is 0. The molecule has 0 heterocycles. The van der Waals surface area contributed by atoms with Crippen LogP contribution >= 0.6 is 0 Å². The minimum Gasteiger partial charge on any atom is -0.210 e. The van der Waals surface area contributed by atoms with Crippen molar-refractivity contribution in [1.29, 1.82) is 0 Å². The maximum atomic E-state index is 9.64. The Hall–Kier alpha value is -0.990. The second-order valence-electron chi connectivity index (χ2n) is 0.670. The zero-order valence-corrected chi connectivity index (χ0v) is 3.10. The highest BCUT2D eigenvalue weighted by atomic mass is 16.3. The van der Waals surface area contributed by atoms with Crippen LogP contribution in [0.3, 0.4) is 0 Å². The lowest BCUT2D eigenvalue weighted by molar-refractivity contribution is -0.391. The number of nitrogens with one attached hydrogen (secondary N) is 1. The first-order valence-corrected chi connectivity index (χ1v) is 1.36. The molecule has 0 spiro atoms. The molecule has 1 N–H and O–H groups in total. The van der Waals surface area contributed by atoms with E-state index in [1.807, 2.05) is 0 Å². The quantitative estimate of drug-likeness (QED) is 0.397. The summed E-state index contributed by atoms with van der Waals surface area (Å²) in [4.78, 5) is 18.8. The Kier molecular flexibility index (Phi) is 1.89. The first kappa shape index (κ1) is 5.01. The van der Waals surface area contributed by atoms with Gasteiger partial charge in [0.15, 0.2) is 0 Å². The molecule has 0 aromatic carbocycles. The van der Waals surface area contributed by atoms with Gasteiger partial charge in [-0.2, -0.15) is 0 Å².